The lowest BCUT2D eigenvalue weighted by Crippen LogP contribution is -2.40. The van der Waals surface area contributed by atoms with Crippen LogP contribution in [-0.4, -0.2) is 34.2 Å². The highest BCUT2D eigenvalue weighted by atomic mass is 28.4. The first-order chi connectivity index (χ1) is 10.9. The van der Waals surface area contributed by atoms with E-state index in [1.165, 1.54) is 12.8 Å². The highest BCUT2D eigenvalue weighted by Crippen LogP contribution is 2.36. The van der Waals surface area contributed by atoms with Gasteiger partial charge >= 0.3 is 0 Å². The summed E-state index contributed by atoms with van der Waals surface area (Å²) in [5.41, 5.74) is 2.22. The Morgan fingerprint density at radius 2 is 1.58 bits per heavy atom. The number of allylic oxidation sites excluding steroid dienone is 1. The van der Waals surface area contributed by atoms with Crippen molar-refractivity contribution >= 4 is 16.4 Å². The molecular weight excluding hydrogens is 328 g/mol. The molecule has 0 radical (unpaired) electrons. The lowest BCUT2D eigenvalue weighted by Gasteiger charge is -2.36. The quantitative estimate of drug-likeness (QED) is 0.262. The van der Waals surface area contributed by atoms with Crippen LogP contribution in [-0.2, 0) is 4.43 Å². The average Bonchev–Trinajstić information content (AvgIpc) is 2.41. The Morgan fingerprint density at radius 1 is 0.958 bits per heavy atom. The molecule has 0 aromatic heterocycles. The molecule has 0 unspecified atom stereocenters. The molecule has 0 spiro atoms. The van der Waals surface area contributed by atoms with Gasteiger partial charge in [0, 0.05) is 6.61 Å². The molecule has 0 aromatic carbocycles. The molecular formula is C20H42O2Si2. The summed E-state index contributed by atoms with van der Waals surface area (Å²) in [4.78, 5) is 0. The van der Waals surface area contributed by atoms with Crippen molar-refractivity contribution in [3.05, 3.63) is 23.9 Å². The predicted molar refractivity (Wildman–Crippen MR) is 114 cm³/mol. The van der Waals surface area contributed by atoms with Gasteiger partial charge in [-0.3, -0.25) is 0 Å². The largest absolute Gasteiger partial charge is 0.417 e. The van der Waals surface area contributed by atoms with Gasteiger partial charge in [0.1, 0.15) is 0 Å². The van der Waals surface area contributed by atoms with E-state index >= 15 is 0 Å². The van der Waals surface area contributed by atoms with Gasteiger partial charge in [-0.1, -0.05) is 70.8 Å². The van der Waals surface area contributed by atoms with Crippen LogP contribution in [0.2, 0.25) is 37.8 Å². The van der Waals surface area contributed by atoms with Gasteiger partial charge in [-0.05, 0) is 43.8 Å². The maximum atomic E-state index is 9.90. The number of aliphatic hydroxyl groups is 1. The molecule has 0 saturated carbocycles. The van der Waals surface area contributed by atoms with Crippen LogP contribution in [0.15, 0.2) is 23.9 Å². The van der Waals surface area contributed by atoms with E-state index in [4.69, 9.17) is 4.43 Å². The van der Waals surface area contributed by atoms with Crippen LogP contribution in [0.25, 0.3) is 0 Å². The first-order valence-corrected chi connectivity index (χ1v) is 16.0. The van der Waals surface area contributed by atoms with E-state index in [-0.39, 0.29) is 6.10 Å². The maximum Gasteiger partial charge on any atom is 0.191 e. The lowest BCUT2D eigenvalue weighted by atomic mass is 10.1. The molecule has 0 aliphatic carbocycles. The highest BCUT2D eigenvalue weighted by Gasteiger charge is 2.36. The van der Waals surface area contributed by atoms with Crippen molar-refractivity contribution in [3.63, 3.8) is 0 Å². The molecule has 0 fully saturated rings. The van der Waals surface area contributed by atoms with Crippen LogP contribution in [0.5, 0.6) is 0 Å². The third kappa shape index (κ3) is 12.2. The second-order valence-corrected chi connectivity index (χ2v) is 19.3. The Balaban J connectivity index is 3.72. The van der Waals surface area contributed by atoms with E-state index in [1.54, 1.807) is 0 Å². The second-order valence-electron chi connectivity index (χ2n) is 9.46. The van der Waals surface area contributed by atoms with Crippen molar-refractivity contribution in [1.82, 2.24) is 0 Å². The zero-order valence-electron chi connectivity index (χ0n) is 17.5. The van der Waals surface area contributed by atoms with Gasteiger partial charge in [0.2, 0.25) is 0 Å². The van der Waals surface area contributed by atoms with Gasteiger partial charge in [0.15, 0.2) is 8.32 Å². The topological polar surface area (TPSA) is 29.5 Å². The predicted octanol–water partition coefficient (Wildman–Crippen LogP) is 6.31. The molecule has 0 bridgehead atoms. The van der Waals surface area contributed by atoms with Crippen LogP contribution in [0.3, 0.4) is 0 Å². The van der Waals surface area contributed by atoms with Crippen LogP contribution in [0.4, 0.5) is 0 Å². The van der Waals surface area contributed by atoms with Gasteiger partial charge in [0.25, 0.3) is 0 Å². The fourth-order valence-electron chi connectivity index (χ4n) is 1.92. The Morgan fingerprint density at radius 3 is 2.12 bits per heavy atom. The van der Waals surface area contributed by atoms with E-state index in [2.05, 4.69) is 71.4 Å². The first kappa shape index (κ1) is 23.8. The monoisotopic (exact) mass is 370 g/mol. The van der Waals surface area contributed by atoms with Gasteiger partial charge in [-0.2, -0.15) is 0 Å². The smallest absolute Gasteiger partial charge is 0.191 e. The van der Waals surface area contributed by atoms with Crippen molar-refractivity contribution in [2.75, 3.05) is 6.61 Å². The summed E-state index contributed by atoms with van der Waals surface area (Å²) in [5, 5.41) is 10.2. The molecule has 0 rings (SSSR count). The number of hydrogen-bond acceptors (Lipinski definition) is 2. The Bertz CT molecular complexity index is 387. The van der Waals surface area contributed by atoms with Crippen molar-refractivity contribution < 1.29 is 9.53 Å². The first-order valence-electron chi connectivity index (χ1n) is 9.51. The molecule has 24 heavy (non-hydrogen) atoms. The van der Waals surface area contributed by atoms with Gasteiger partial charge in [-0.25, -0.2) is 0 Å². The molecule has 0 amide bonds. The molecule has 1 atom stereocenters. The summed E-state index contributed by atoms with van der Waals surface area (Å²) in [6.45, 7) is 19.2. The fraction of sp³-hybridized carbons (Fsp3) is 0.800. The van der Waals surface area contributed by atoms with Crippen molar-refractivity contribution in [2.24, 2.45) is 0 Å². The molecule has 0 heterocycles. The van der Waals surface area contributed by atoms with E-state index in [0.29, 0.717) is 5.04 Å². The summed E-state index contributed by atoms with van der Waals surface area (Å²) in [6.07, 6.45) is 11.4. The fourth-order valence-corrected chi connectivity index (χ4v) is 3.80. The van der Waals surface area contributed by atoms with Crippen LogP contribution in [0, 0.1) is 0 Å². The molecule has 0 aliphatic rings. The van der Waals surface area contributed by atoms with Crippen molar-refractivity contribution in [2.45, 2.75) is 96.8 Å². The van der Waals surface area contributed by atoms with E-state index in [1.807, 2.05) is 6.08 Å². The van der Waals surface area contributed by atoms with Crippen molar-refractivity contribution in [3.8, 4) is 0 Å². The third-order valence-corrected chi connectivity index (χ3v) is 10.4. The van der Waals surface area contributed by atoms with Gasteiger partial charge in [-0.15, -0.1) is 0 Å². The number of aliphatic hydroxyl groups excluding tert-OH is 1. The Labute approximate surface area is 153 Å². The minimum atomic E-state index is -1.57. The second kappa shape index (κ2) is 10.7. The average molecular weight is 371 g/mol. The number of hydrogen-bond donors (Lipinski definition) is 1. The maximum absolute atomic E-state index is 9.90. The molecule has 142 valence electrons. The zero-order valence-corrected chi connectivity index (χ0v) is 19.5. The summed E-state index contributed by atoms with van der Waals surface area (Å²) in [5.74, 6) is 0. The number of rotatable bonds is 11. The van der Waals surface area contributed by atoms with Gasteiger partial charge in [0.05, 0.1) is 14.2 Å². The SMILES string of the molecule is CC(C)(C)[Si](C)(C)OCCCCC/C=C\C[C@H](O)/C=C/[Si](C)(C)C. The Hall–Kier alpha value is -0.166. The third-order valence-electron chi connectivity index (χ3n) is 4.65. The van der Waals surface area contributed by atoms with E-state index < -0.39 is 16.4 Å². The van der Waals surface area contributed by atoms with Crippen molar-refractivity contribution in [1.29, 1.82) is 0 Å². The number of unbranched alkanes of at least 4 members (excludes halogenated alkanes) is 3. The summed E-state index contributed by atoms with van der Waals surface area (Å²) in [6, 6.07) is 0. The molecule has 4 heteroatoms. The molecule has 0 aliphatic heterocycles. The lowest BCUT2D eigenvalue weighted by molar-refractivity contribution is 0.227. The van der Waals surface area contributed by atoms with E-state index in [0.717, 1.165) is 25.9 Å². The highest BCUT2D eigenvalue weighted by molar-refractivity contribution is 6.80. The minimum Gasteiger partial charge on any atom is -0.417 e. The van der Waals surface area contributed by atoms with Crippen LogP contribution in [0.1, 0.15) is 52.9 Å². The minimum absolute atomic E-state index is 0.306. The molecule has 0 saturated heterocycles. The summed E-state index contributed by atoms with van der Waals surface area (Å²) in [7, 11) is -2.76. The molecule has 0 aromatic rings. The van der Waals surface area contributed by atoms with Crippen LogP contribution >= 0.6 is 0 Å². The summed E-state index contributed by atoms with van der Waals surface area (Å²) >= 11 is 0. The Kier molecular flexibility index (Phi) is 10.7. The van der Waals surface area contributed by atoms with Gasteiger partial charge < -0.3 is 9.53 Å². The summed E-state index contributed by atoms with van der Waals surface area (Å²) < 4.78 is 6.19. The standard InChI is InChI=1S/C20H42O2Si2/c1-20(2,3)24(7,8)22-17-14-12-10-9-11-13-15-19(21)16-18-23(4,5)6/h11,13,16,18-19,21H,9-10,12,14-15,17H2,1-8H3/b13-11-,18-16+/t19-/m0/s1. The molecule has 1 N–H and O–H groups in total. The molecule has 2 nitrogen and oxygen atoms in total. The van der Waals surface area contributed by atoms with Crippen LogP contribution < -0.4 is 0 Å². The van der Waals surface area contributed by atoms with E-state index in [9.17, 15) is 5.11 Å². The normalized spacial score (nSPS) is 15.5. The zero-order chi connectivity index (χ0) is 18.9.